The summed E-state index contributed by atoms with van der Waals surface area (Å²) in [5, 5.41) is 2.19. The van der Waals surface area contributed by atoms with Gasteiger partial charge in [-0.3, -0.25) is 0 Å². The molecule has 0 atom stereocenters. The first kappa shape index (κ1) is 39.9. The minimum Gasteiger partial charge on any atom is -0.456 e. The van der Waals surface area contributed by atoms with Crippen LogP contribution in [0.1, 0.15) is 72.2 Å². The van der Waals surface area contributed by atoms with E-state index in [1.165, 1.54) is 77.9 Å². The monoisotopic (exact) mass is 883 g/mol. The highest BCUT2D eigenvalue weighted by Gasteiger charge is 2.49. The van der Waals surface area contributed by atoms with Gasteiger partial charge in [0.15, 0.2) is 0 Å². The van der Waals surface area contributed by atoms with Crippen LogP contribution in [0.5, 0.6) is 0 Å². The van der Waals surface area contributed by atoms with Crippen molar-refractivity contribution >= 4 is 39.0 Å². The van der Waals surface area contributed by atoms with Crippen LogP contribution in [0.2, 0.25) is 0 Å². The Kier molecular flexibility index (Phi) is 8.33. The van der Waals surface area contributed by atoms with Crippen molar-refractivity contribution in [2.75, 3.05) is 4.90 Å². The molecular weight excluding hydrogens is 835 g/mol. The lowest BCUT2D eigenvalue weighted by molar-refractivity contribution is 0.660. The number of hydrogen-bond donors (Lipinski definition) is 0. The summed E-state index contributed by atoms with van der Waals surface area (Å²) in [4.78, 5) is 2.60. The molecule has 0 radical (unpaired) electrons. The van der Waals surface area contributed by atoms with Gasteiger partial charge in [-0.1, -0.05) is 210 Å². The van der Waals surface area contributed by atoms with Gasteiger partial charge in [0.05, 0.1) is 16.5 Å². The minimum absolute atomic E-state index is 0.207. The van der Waals surface area contributed by atoms with E-state index in [0.29, 0.717) is 0 Å². The number of anilines is 3. The van der Waals surface area contributed by atoms with E-state index in [1.54, 1.807) is 0 Å². The first-order valence-corrected chi connectivity index (χ1v) is 24.3. The average Bonchev–Trinajstić information content (AvgIpc) is 4.06. The van der Waals surface area contributed by atoms with Crippen molar-refractivity contribution in [3.63, 3.8) is 0 Å². The fourth-order valence-corrected chi connectivity index (χ4v) is 12.9. The molecule has 10 aromatic carbocycles. The number of nitrogens with zero attached hydrogens (tertiary/aromatic N) is 1. The van der Waals surface area contributed by atoms with E-state index in [9.17, 15) is 0 Å². The molecule has 1 aromatic heterocycles. The maximum atomic E-state index is 7.34. The predicted octanol–water partition coefficient (Wildman–Crippen LogP) is 17.7. The van der Waals surface area contributed by atoms with Crippen LogP contribution in [0, 0.1) is 0 Å². The van der Waals surface area contributed by atoms with Crippen LogP contribution in [-0.2, 0) is 16.2 Å². The summed E-state index contributed by atoms with van der Waals surface area (Å²) < 4.78 is 7.34. The topological polar surface area (TPSA) is 16.4 Å². The molecule has 0 spiro atoms. The molecular formula is C67H49NO. The standard InChI is InChI=1S/C67H49NO/c1-65(2)54-29-17-14-26-48(54)50-36-33-46(39-57(50)65)68(47-34-37-51-49-27-15-18-30-55(49)66(3,4)58(51)40-47)64-62-52-28-16-19-31-56(52)67(44-22-10-6-11-23-44,45-24-12-7-13-25-45)59(62)41-61-63(64)53-35-32-43(38-60(53)69-61)42-20-8-5-9-21-42/h5-41H,1-4H3. The fraction of sp³-hybridized carbons (Fsp3) is 0.104. The Morgan fingerprint density at radius 3 is 1.39 bits per heavy atom. The maximum absolute atomic E-state index is 7.34. The Labute approximate surface area is 403 Å². The molecule has 2 heteroatoms. The molecule has 0 bridgehead atoms. The van der Waals surface area contributed by atoms with E-state index in [1.807, 2.05) is 0 Å². The first-order chi connectivity index (χ1) is 33.7. The molecule has 14 rings (SSSR count). The van der Waals surface area contributed by atoms with Crippen LogP contribution in [0.3, 0.4) is 0 Å². The van der Waals surface area contributed by atoms with Crippen molar-refractivity contribution in [1.82, 2.24) is 0 Å². The molecule has 0 fully saturated rings. The number of rotatable bonds is 6. The van der Waals surface area contributed by atoms with Crippen LogP contribution in [0.15, 0.2) is 229 Å². The largest absolute Gasteiger partial charge is 0.456 e. The zero-order valence-electron chi connectivity index (χ0n) is 39.2. The Morgan fingerprint density at radius 2 is 0.826 bits per heavy atom. The molecule has 0 saturated carbocycles. The van der Waals surface area contributed by atoms with Crippen molar-refractivity contribution in [2.24, 2.45) is 0 Å². The van der Waals surface area contributed by atoms with Gasteiger partial charge in [0, 0.05) is 33.2 Å². The van der Waals surface area contributed by atoms with Gasteiger partial charge in [-0.2, -0.15) is 0 Å². The van der Waals surface area contributed by atoms with Crippen LogP contribution < -0.4 is 4.90 Å². The lowest BCUT2D eigenvalue weighted by Gasteiger charge is -2.35. The zero-order valence-corrected chi connectivity index (χ0v) is 39.2. The van der Waals surface area contributed by atoms with Crippen LogP contribution in [0.4, 0.5) is 17.1 Å². The zero-order chi connectivity index (χ0) is 46.2. The predicted molar refractivity (Wildman–Crippen MR) is 286 cm³/mol. The molecule has 328 valence electrons. The third-order valence-electron chi connectivity index (χ3n) is 16.1. The molecule has 11 aromatic rings. The lowest BCUT2D eigenvalue weighted by atomic mass is 9.67. The summed E-state index contributed by atoms with van der Waals surface area (Å²) in [5.74, 6) is 0. The molecule has 0 N–H and O–H groups in total. The highest BCUT2D eigenvalue weighted by atomic mass is 16.3. The van der Waals surface area contributed by atoms with Crippen molar-refractivity contribution in [2.45, 2.75) is 43.9 Å². The fourth-order valence-electron chi connectivity index (χ4n) is 12.9. The first-order valence-electron chi connectivity index (χ1n) is 24.3. The number of hydrogen-bond acceptors (Lipinski definition) is 2. The van der Waals surface area contributed by atoms with Gasteiger partial charge in [0.25, 0.3) is 0 Å². The van der Waals surface area contributed by atoms with Crippen molar-refractivity contribution in [3.05, 3.63) is 269 Å². The van der Waals surface area contributed by atoms with Crippen LogP contribution in [0.25, 0.3) is 66.4 Å². The molecule has 69 heavy (non-hydrogen) atoms. The summed E-state index contributed by atoms with van der Waals surface area (Å²) >= 11 is 0. The van der Waals surface area contributed by atoms with Gasteiger partial charge in [-0.05, 0) is 126 Å². The molecule has 0 amide bonds. The van der Waals surface area contributed by atoms with E-state index in [4.69, 9.17) is 4.42 Å². The summed E-state index contributed by atoms with van der Waals surface area (Å²) in [5.41, 5.74) is 24.3. The molecule has 3 aliphatic rings. The average molecular weight is 884 g/mol. The molecule has 3 aliphatic carbocycles. The molecule has 0 aliphatic heterocycles. The lowest BCUT2D eigenvalue weighted by Crippen LogP contribution is -2.28. The van der Waals surface area contributed by atoms with Crippen LogP contribution in [-0.4, -0.2) is 0 Å². The van der Waals surface area contributed by atoms with E-state index in [-0.39, 0.29) is 10.8 Å². The van der Waals surface area contributed by atoms with Gasteiger partial charge in [-0.25, -0.2) is 0 Å². The highest BCUT2D eigenvalue weighted by molar-refractivity contribution is 6.20. The van der Waals surface area contributed by atoms with Gasteiger partial charge in [0.2, 0.25) is 0 Å². The Bertz CT molecular complexity index is 3750. The number of fused-ring (bicyclic) bond motifs is 12. The Hall–Kier alpha value is -8.20. The summed E-state index contributed by atoms with van der Waals surface area (Å²) in [6, 6.07) is 83.7. The Morgan fingerprint density at radius 1 is 0.348 bits per heavy atom. The van der Waals surface area contributed by atoms with Gasteiger partial charge in [0.1, 0.15) is 11.2 Å². The maximum Gasteiger partial charge on any atom is 0.137 e. The normalized spacial score (nSPS) is 15.0. The second-order valence-corrected chi connectivity index (χ2v) is 20.4. The number of furan rings is 1. The molecule has 1 heterocycles. The Balaban J connectivity index is 1.15. The second kappa shape index (κ2) is 14.4. The molecule has 0 saturated heterocycles. The highest BCUT2D eigenvalue weighted by Crippen LogP contribution is 2.63. The summed E-state index contributed by atoms with van der Waals surface area (Å²) in [7, 11) is 0. The van der Waals surface area contributed by atoms with E-state index < -0.39 is 5.41 Å². The number of benzene rings is 10. The molecule has 0 unspecified atom stereocenters. The minimum atomic E-state index is -0.652. The summed E-state index contributed by atoms with van der Waals surface area (Å²) in [6.45, 7) is 9.55. The van der Waals surface area contributed by atoms with Crippen molar-refractivity contribution in [1.29, 1.82) is 0 Å². The van der Waals surface area contributed by atoms with Crippen molar-refractivity contribution in [3.8, 4) is 44.5 Å². The van der Waals surface area contributed by atoms with Gasteiger partial charge < -0.3 is 9.32 Å². The quantitative estimate of drug-likeness (QED) is 0.165. The van der Waals surface area contributed by atoms with Crippen molar-refractivity contribution < 1.29 is 4.42 Å². The SMILES string of the molecule is CC1(C)c2ccccc2-c2ccc(N(c3ccc4c(c3)C(C)(C)c3ccccc3-4)c3c4c(cc5oc6cc(-c7ccccc7)ccc6c35)C(c3ccccc3)(c3ccccc3)c3ccccc3-4)cc21. The van der Waals surface area contributed by atoms with E-state index in [0.717, 1.165) is 50.1 Å². The second-order valence-electron chi connectivity index (χ2n) is 20.4. The summed E-state index contributed by atoms with van der Waals surface area (Å²) in [6.07, 6.45) is 0. The van der Waals surface area contributed by atoms with Gasteiger partial charge >= 0.3 is 0 Å². The van der Waals surface area contributed by atoms with E-state index in [2.05, 4.69) is 257 Å². The third-order valence-corrected chi connectivity index (χ3v) is 16.1. The van der Waals surface area contributed by atoms with Crippen LogP contribution >= 0.6 is 0 Å². The van der Waals surface area contributed by atoms with E-state index >= 15 is 0 Å². The van der Waals surface area contributed by atoms with Gasteiger partial charge in [-0.15, -0.1) is 0 Å². The molecule has 2 nitrogen and oxygen atoms in total. The third kappa shape index (κ3) is 5.43. The smallest absolute Gasteiger partial charge is 0.137 e.